The van der Waals surface area contributed by atoms with Crippen LogP contribution in [0, 0.1) is 0 Å². The molecule has 1 fully saturated rings. The molecule has 6 nitrogen and oxygen atoms in total. The van der Waals surface area contributed by atoms with Gasteiger partial charge >= 0.3 is 0 Å². The number of halogens is 1. The highest BCUT2D eigenvalue weighted by molar-refractivity contribution is 7.99. The van der Waals surface area contributed by atoms with Crippen molar-refractivity contribution in [2.75, 3.05) is 12.8 Å². The molecule has 0 spiro atoms. The summed E-state index contributed by atoms with van der Waals surface area (Å²) in [6.07, 6.45) is 5.94. The van der Waals surface area contributed by atoms with E-state index < -0.39 is 0 Å². The lowest BCUT2D eigenvalue weighted by atomic mass is 9.94. The molecular formula is C19H25ClN4O2S. The molecule has 0 radical (unpaired) electrons. The quantitative estimate of drug-likeness (QED) is 0.649. The monoisotopic (exact) mass is 408 g/mol. The van der Waals surface area contributed by atoms with Gasteiger partial charge in [0.1, 0.15) is 12.4 Å². The van der Waals surface area contributed by atoms with Crippen LogP contribution in [0.1, 0.15) is 37.9 Å². The molecule has 2 aromatic rings. The normalized spacial score (nSPS) is 14.9. The number of rotatable bonds is 7. The van der Waals surface area contributed by atoms with Gasteiger partial charge in [-0.2, -0.15) is 0 Å². The van der Waals surface area contributed by atoms with Crippen LogP contribution in [0.4, 0.5) is 0 Å². The Morgan fingerprint density at radius 3 is 2.78 bits per heavy atom. The van der Waals surface area contributed by atoms with E-state index >= 15 is 0 Å². The molecule has 1 saturated carbocycles. The molecule has 146 valence electrons. The first-order chi connectivity index (χ1) is 13.1. The zero-order valence-electron chi connectivity index (χ0n) is 15.7. The zero-order valence-corrected chi connectivity index (χ0v) is 17.3. The number of nitrogens with zero attached hydrogens (tertiary/aromatic N) is 4. The highest BCUT2D eigenvalue weighted by Gasteiger charge is 2.22. The van der Waals surface area contributed by atoms with Crippen molar-refractivity contribution in [1.82, 2.24) is 19.7 Å². The van der Waals surface area contributed by atoms with Crippen molar-refractivity contribution in [2.45, 2.75) is 49.9 Å². The first-order valence-corrected chi connectivity index (χ1v) is 10.6. The number of amides is 1. The highest BCUT2D eigenvalue weighted by Crippen LogP contribution is 2.25. The van der Waals surface area contributed by atoms with Gasteiger partial charge in [-0.1, -0.05) is 54.8 Å². The van der Waals surface area contributed by atoms with Crippen LogP contribution in [0.5, 0.6) is 5.75 Å². The number of carbonyl (C=O) groups is 1. The van der Waals surface area contributed by atoms with E-state index in [1.165, 1.54) is 31.0 Å². The van der Waals surface area contributed by atoms with Crippen LogP contribution in [-0.2, 0) is 18.4 Å². The standard InChI is InChI=1S/C19H25ClN4O2S/c1-23(14-8-4-3-5-9-14)18(25)13-27-19-22-21-17(24(19)2)12-26-16-11-7-6-10-15(16)20/h6-7,10-11,14H,3-5,8-9,12-13H2,1-2H3. The van der Waals surface area contributed by atoms with Crippen LogP contribution >= 0.6 is 23.4 Å². The maximum absolute atomic E-state index is 12.5. The van der Waals surface area contributed by atoms with E-state index in [0.29, 0.717) is 33.5 Å². The summed E-state index contributed by atoms with van der Waals surface area (Å²) in [7, 11) is 3.79. The summed E-state index contributed by atoms with van der Waals surface area (Å²) in [5.74, 6) is 1.81. The molecule has 1 aromatic carbocycles. The molecule has 1 aliphatic carbocycles. The molecule has 8 heteroatoms. The second kappa shape index (κ2) is 9.46. The Morgan fingerprint density at radius 2 is 2.04 bits per heavy atom. The fourth-order valence-corrected chi connectivity index (χ4v) is 4.24. The topological polar surface area (TPSA) is 60.3 Å². The third-order valence-electron chi connectivity index (χ3n) is 4.96. The van der Waals surface area contributed by atoms with Gasteiger partial charge < -0.3 is 14.2 Å². The lowest BCUT2D eigenvalue weighted by molar-refractivity contribution is -0.129. The Hall–Kier alpha value is -1.73. The number of ether oxygens (including phenoxy) is 1. The maximum Gasteiger partial charge on any atom is 0.233 e. The van der Waals surface area contributed by atoms with Crippen LogP contribution in [0.15, 0.2) is 29.4 Å². The van der Waals surface area contributed by atoms with Crippen molar-refractivity contribution in [1.29, 1.82) is 0 Å². The molecule has 1 aromatic heterocycles. The van der Waals surface area contributed by atoms with Gasteiger partial charge in [0, 0.05) is 20.1 Å². The SMILES string of the molecule is CN(C(=O)CSc1nnc(COc2ccccc2Cl)n1C)C1CCCCC1. The summed E-state index contributed by atoms with van der Waals surface area (Å²) >= 11 is 7.51. The largest absolute Gasteiger partial charge is 0.484 e. The lowest BCUT2D eigenvalue weighted by Gasteiger charge is -2.31. The molecule has 0 unspecified atom stereocenters. The number of para-hydroxylation sites is 1. The Morgan fingerprint density at radius 1 is 1.30 bits per heavy atom. The van der Waals surface area contributed by atoms with Crippen LogP contribution in [0.2, 0.25) is 5.02 Å². The number of hydrogen-bond acceptors (Lipinski definition) is 5. The molecule has 3 rings (SSSR count). The van der Waals surface area contributed by atoms with Gasteiger partial charge in [0.15, 0.2) is 11.0 Å². The minimum atomic E-state index is 0.142. The molecule has 1 heterocycles. The molecule has 0 atom stereocenters. The van der Waals surface area contributed by atoms with Crippen molar-refractivity contribution in [3.8, 4) is 5.75 Å². The van der Waals surface area contributed by atoms with Crippen LogP contribution in [0.3, 0.4) is 0 Å². The molecular weight excluding hydrogens is 384 g/mol. The van der Waals surface area contributed by atoms with E-state index in [1.807, 2.05) is 41.8 Å². The van der Waals surface area contributed by atoms with Crippen LogP contribution in [0.25, 0.3) is 0 Å². The number of hydrogen-bond donors (Lipinski definition) is 0. The smallest absolute Gasteiger partial charge is 0.233 e. The van der Waals surface area contributed by atoms with E-state index in [9.17, 15) is 4.79 Å². The second-order valence-electron chi connectivity index (χ2n) is 6.76. The molecule has 0 bridgehead atoms. The molecule has 0 aliphatic heterocycles. The van der Waals surface area contributed by atoms with E-state index in [0.717, 1.165) is 12.8 Å². The predicted molar refractivity (Wildman–Crippen MR) is 107 cm³/mol. The van der Waals surface area contributed by atoms with Gasteiger partial charge in [-0.05, 0) is 25.0 Å². The zero-order chi connectivity index (χ0) is 19.2. The first-order valence-electron chi connectivity index (χ1n) is 9.20. The summed E-state index contributed by atoms with van der Waals surface area (Å²) in [5, 5.41) is 9.63. The lowest BCUT2D eigenvalue weighted by Crippen LogP contribution is -2.39. The Bertz CT molecular complexity index is 777. The van der Waals surface area contributed by atoms with Gasteiger partial charge in [-0.15, -0.1) is 10.2 Å². The summed E-state index contributed by atoms with van der Waals surface area (Å²) in [5.41, 5.74) is 0. The average Bonchev–Trinajstić information content (AvgIpc) is 3.05. The summed E-state index contributed by atoms with van der Waals surface area (Å²) in [6.45, 7) is 0.268. The van der Waals surface area contributed by atoms with Crippen molar-refractivity contribution in [3.05, 3.63) is 35.1 Å². The summed E-state index contributed by atoms with van der Waals surface area (Å²) in [6, 6.07) is 7.70. The number of thioether (sulfide) groups is 1. The van der Waals surface area contributed by atoms with E-state index in [1.54, 1.807) is 6.07 Å². The van der Waals surface area contributed by atoms with E-state index in [-0.39, 0.29) is 12.5 Å². The summed E-state index contributed by atoms with van der Waals surface area (Å²) in [4.78, 5) is 14.4. The van der Waals surface area contributed by atoms with Crippen LogP contribution < -0.4 is 4.74 Å². The molecule has 1 amide bonds. The molecule has 0 saturated heterocycles. The minimum Gasteiger partial charge on any atom is -0.484 e. The Kier molecular flexibility index (Phi) is 7.01. The van der Waals surface area contributed by atoms with E-state index in [4.69, 9.17) is 16.3 Å². The minimum absolute atomic E-state index is 0.142. The number of benzene rings is 1. The molecule has 0 N–H and O–H groups in total. The fraction of sp³-hybridized carbons (Fsp3) is 0.526. The van der Waals surface area contributed by atoms with Crippen molar-refractivity contribution in [3.63, 3.8) is 0 Å². The summed E-state index contributed by atoms with van der Waals surface area (Å²) < 4.78 is 7.58. The predicted octanol–water partition coefficient (Wildman–Crippen LogP) is 3.93. The average molecular weight is 409 g/mol. The van der Waals surface area contributed by atoms with Crippen LogP contribution in [-0.4, -0.2) is 44.4 Å². The van der Waals surface area contributed by atoms with Gasteiger partial charge in [0.25, 0.3) is 0 Å². The Labute approximate surface area is 169 Å². The van der Waals surface area contributed by atoms with E-state index in [2.05, 4.69) is 10.2 Å². The van der Waals surface area contributed by atoms with Crippen molar-refractivity contribution >= 4 is 29.3 Å². The number of carbonyl (C=O) groups excluding carboxylic acids is 1. The van der Waals surface area contributed by atoms with Crippen molar-refractivity contribution < 1.29 is 9.53 Å². The Balaban J connectivity index is 1.52. The fourth-order valence-electron chi connectivity index (χ4n) is 3.20. The van der Waals surface area contributed by atoms with Gasteiger partial charge in [0.2, 0.25) is 5.91 Å². The maximum atomic E-state index is 12.5. The van der Waals surface area contributed by atoms with Gasteiger partial charge in [-0.25, -0.2) is 0 Å². The second-order valence-corrected chi connectivity index (χ2v) is 8.11. The highest BCUT2D eigenvalue weighted by atomic mass is 35.5. The van der Waals surface area contributed by atoms with Gasteiger partial charge in [0.05, 0.1) is 10.8 Å². The van der Waals surface area contributed by atoms with Crippen molar-refractivity contribution in [2.24, 2.45) is 7.05 Å². The number of aromatic nitrogens is 3. The molecule has 1 aliphatic rings. The molecule has 27 heavy (non-hydrogen) atoms. The van der Waals surface area contributed by atoms with Gasteiger partial charge in [-0.3, -0.25) is 4.79 Å². The third-order valence-corrected chi connectivity index (χ3v) is 6.28. The third kappa shape index (κ3) is 5.17. The first kappa shape index (κ1) is 20.0.